The molecule has 9 nitrogen and oxygen atoms in total. The van der Waals surface area contributed by atoms with Crippen LogP contribution in [0.1, 0.15) is 22.0 Å². The third kappa shape index (κ3) is 4.46. The first kappa shape index (κ1) is 21.8. The summed E-state index contributed by atoms with van der Waals surface area (Å²) in [5.74, 6) is 1.24. The molecule has 32 heavy (non-hydrogen) atoms. The lowest BCUT2D eigenvalue weighted by atomic mass is 9.91. The highest BCUT2D eigenvalue weighted by molar-refractivity contribution is 7.10. The number of hydrogen-bond donors (Lipinski definition) is 2. The van der Waals surface area contributed by atoms with Crippen LogP contribution in [0.5, 0.6) is 17.4 Å². The zero-order chi connectivity index (χ0) is 22.7. The topological polar surface area (TPSA) is 106 Å². The second-order valence-corrected chi connectivity index (χ2v) is 8.21. The van der Waals surface area contributed by atoms with Crippen LogP contribution < -0.4 is 25.1 Å². The van der Waals surface area contributed by atoms with Crippen LogP contribution >= 0.6 is 11.3 Å². The molecule has 0 spiro atoms. The standard InChI is InChI=1S/C22H24N4O5S/c1-29-15-9-13-6-7-26(12-19(28)24-22-23-18(27)11-20(25-22)31-3)21(17-5-4-8-32-17)14(13)10-16(15)30-2/h4-5,8-11,21H,6-7,12H2,1-3H3,(H2,23,24,25,27,28). The molecule has 0 aliphatic carbocycles. The van der Waals surface area contributed by atoms with Crippen molar-refractivity contribution < 1.29 is 19.0 Å². The van der Waals surface area contributed by atoms with E-state index in [1.165, 1.54) is 13.2 Å². The molecule has 1 aliphatic heterocycles. The predicted octanol–water partition coefficient (Wildman–Crippen LogP) is 2.44. The minimum Gasteiger partial charge on any atom is -0.493 e. The number of anilines is 1. The lowest BCUT2D eigenvalue weighted by Crippen LogP contribution is -2.41. The molecule has 2 aromatic heterocycles. The number of rotatable bonds is 7. The fourth-order valence-corrected chi connectivity index (χ4v) is 4.78. The summed E-state index contributed by atoms with van der Waals surface area (Å²) in [5.41, 5.74) is 1.84. The van der Waals surface area contributed by atoms with Crippen molar-refractivity contribution in [2.75, 3.05) is 39.7 Å². The van der Waals surface area contributed by atoms with Gasteiger partial charge in [-0.1, -0.05) is 6.07 Å². The smallest absolute Gasteiger partial charge is 0.256 e. The summed E-state index contributed by atoms with van der Waals surface area (Å²) in [4.78, 5) is 34.4. The fourth-order valence-electron chi connectivity index (χ4n) is 3.90. The summed E-state index contributed by atoms with van der Waals surface area (Å²) in [6.07, 6.45) is 0.763. The second-order valence-electron chi connectivity index (χ2n) is 7.23. The number of carbonyl (C=O) groups excluding carboxylic acids is 1. The van der Waals surface area contributed by atoms with Crippen molar-refractivity contribution >= 4 is 23.2 Å². The number of aromatic nitrogens is 2. The number of aromatic amines is 1. The van der Waals surface area contributed by atoms with Gasteiger partial charge in [0.15, 0.2) is 11.5 Å². The maximum absolute atomic E-state index is 12.8. The van der Waals surface area contributed by atoms with Gasteiger partial charge in [0, 0.05) is 11.4 Å². The van der Waals surface area contributed by atoms with E-state index in [1.54, 1.807) is 25.6 Å². The van der Waals surface area contributed by atoms with Crippen molar-refractivity contribution in [3.8, 4) is 17.4 Å². The largest absolute Gasteiger partial charge is 0.493 e. The lowest BCUT2D eigenvalue weighted by molar-refractivity contribution is -0.117. The first-order valence-electron chi connectivity index (χ1n) is 9.99. The Kier molecular flexibility index (Phi) is 6.42. The molecule has 1 unspecified atom stereocenters. The van der Waals surface area contributed by atoms with E-state index in [0.717, 1.165) is 22.4 Å². The van der Waals surface area contributed by atoms with Gasteiger partial charge in [-0.2, -0.15) is 4.98 Å². The number of ether oxygens (including phenoxy) is 3. The minimum atomic E-state index is -0.406. The predicted molar refractivity (Wildman–Crippen MR) is 121 cm³/mol. The fraction of sp³-hybridized carbons (Fsp3) is 0.318. The third-order valence-electron chi connectivity index (χ3n) is 5.32. The van der Waals surface area contributed by atoms with Crippen LogP contribution in [0.25, 0.3) is 0 Å². The normalized spacial score (nSPS) is 15.7. The molecule has 168 valence electrons. The molecule has 1 atom stereocenters. The monoisotopic (exact) mass is 456 g/mol. The summed E-state index contributed by atoms with van der Waals surface area (Å²) in [5, 5.41) is 4.69. The molecule has 0 radical (unpaired) electrons. The number of nitrogens with zero attached hydrogens (tertiary/aromatic N) is 2. The lowest BCUT2D eigenvalue weighted by Gasteiger charge is -2.36. The Bertz CT molecular complexity index is 1160. The van der Waals surface area contributed by atoms with Crippen molar-refractivity contribution in [3.05, 3.63) is 62.1 Å². The molecular weight excluding hydrogens is 432 g/mol. The van der Waals surface area contributed by atoms with E-state index in [1.807, 2.05) is 23.6 Å². The van der Waals surface area contributed by atoms with E-state index in [0.29, 0.717) is 18.0 Å². The first-order valence-corrected chi connectivity index (χ1v) is 10.9. The molecule has 3 aromatic rings. The van der Waals surface area contributed by atoms with Gasteiger partial charge in [-0.3, -0.25) is 24.8 Å². The Hall–Kier alpha value is -3.37. The van der Waals surface area contributed by atoms with Gasteiger partial charge in [0.1, 0.15) is 0 Å². The second kappa shape index (κ2) is 9.41. The van der Waals surface area contributed by atoms with Gasteiger partial charge in [0.25, 0.3) is 5.56 Å². The van der Waals surface area contributed by atoms with Gasteiger partial charge in [-0.15, -0.1) is 11.3 Å². The zero-order valence-electron chi connectivity index (χ0n) is 18.0. The highest BCUT2D eigenvalue weighted by Gasteiger charge is 2.32. The van der Waals surface area contributed by atoms with Crippen molar-refractivity contribution in [1.29, 1.82) is 0 Å². The number of carbonyl (C=O) groups is 1. The van der Waals surface area contributed by atoms with Gasteiger partial charge in [0.05, 0.1) is 40.0 Å². The van der Waals surface area contributed by atoms with E-state index in [2.05, 4.69) is 26.3 Å². The number of fused-ring (bicyclic) bond motifs is 1. The number of nitrogens with one attached hydrogen (secondary N) is 2. The summed E-state index contributed by atoms with van der Waals surface area (Å²) in [6, 6.07) is 9.17. The summed E-state index contributed by atoms with van der Waals surface area (Å²) in [6.45, 7) is 0.803. The molecule has 10 heteroatoms. The van der Waals surface area contributed by atoms with Crippen LogP contribution in [0.15, 0.2) is 40.5 Å². The molecule has 2 N–H and O–H groups in total. The van der Waals surface area contributed by atoms with Crippen molar-refractivity contribution in [2.24, 2.45) is 0 Å². The summed E-state index contributed by atoms with van der Waals surface area (Å²) >= 11 is 1.64. The molecule has 1 amide bonds. The van der Waals surface area contributed by atoms with Crippen LogP contribution in [-0.2, 0) is 11.2 Å². The Labute approximate surface area is 189 Å². The molecule has 4 rings (SSSR count). The summed E-state index contributed by atoms with van der Waals surface area (Å²) < 4.78 is 16.0. The minimum absolute atomic E-state index is 0.0517. The van der Waals surface area contributed by atoms with Gasteiger partial charge >= 0.3 is 0 Å². The van der Waals surface area contributed by atoms with Crippen LogP contribution in [-0.4, -0.2) is 55.2 Å². The van der Waals surface area contributed by atoms with Gasteiger partial charge < -0.3 is 14.2 Å². The van der Waals surface area contributed by atoms with Crippen LogP contribution in [0.4, 0.5) is 5.95 Å². The number of amides is 1. The number of benzene rings is 1. The van der Waals surface area contributed by atoms with E-state index in [9.17, 15) is 9.59 Å². The molecule has 1 aliphatic rings. The molecule has 1 aromatic carbocycles. The van der Waals surface area contributed by atoms with Crippen molar-refractivity contribution in [3.63, 3.8) is 0 Å². The number of hydrogen-bond acceptors (Lipinski definition) is 8. The Morgan fingerprint density at radius 2 is 2.00 bits per heavy atom. The molecule has 0 saturated carbocycles. The van der Waals surface area contributed by atoms with Gasteiger partial charge in [-0.05, 0) is 41.1 Å². The van der Waals surface area contributed by atoms with Gasteiger partial charge in [-0.25, -0.2) is 0 Å². The third-order valence-corrected chi connectivity index (χ3v) is 6.24. The molecule has 0 bridgehead atoms. The zero-order valence-corrected chi connectivity index (χ0v) is 18.8. The number of H-pyrrole nitrogens is 1. The highest BCUT2D eigenvalue weighted by atomic mass is 32.1. The SMILES string of the molecule is COc1cc(=O)[nH]c(NC(=O)CN2CCc3cc(OC)c(OC)cc3C2c2cccs2)n1. The quantitative estimate of drug-likeness (QED) is 0.563. The Morgan fingerprint density at radius 1 is 1.22 bits per heavy atom. The van der Waals surface area contributed by atoms with E-state index in [4.69, 9.17) is 14.2 Å². The number of thiophene rings is 1. The Morgan fingerprint density at radius 3 is 2.69 bits per heavy atom. The average molecular weight is 457 g/mol. The van der Waals surface area contributed by atoms with Crippen LogP contribution in [0.2, 0.25) is 0 Å². The van der Waals surface area contributed by atoms with E-state index < -0.39 is 5.56 Å². The summed E-state index contributed by atoms with van der Waals surface area (Å²) in [7, 11) is 4.64. The van der Waals surface area contributed by atoms with Crippen molar-refractivity contribution in [1.82, 2.24) is 14.9 Å². The maximum atomic E-state index is 12.8. The van der Waals surface area contributed by atoms with E-state index >= 15 is 0 Å². The van der Waals surface area contributed by atoms with E-state index in [-0.39, 0.29) is 30.3 Å². The van der Waals surface area contributed by atoms with Gasteiger partial charge in [0.2, 0.25) is 17.7 Å². The molecule has 0 fully saturated rings. The maximum Gasteiger partial charge on any atom is 0.256 e. The average Bonchev–Trinajstić information content (AvgIpc) is 3.31. The molecule has 0 saturated heterocycles. The molecular formula is C22H24N4O5S. The first-order chi connectivity index (χ1) is 15.5. The van der Waals surface area contributed by atoms with Crippen LogP contribution in [0, 0.1) is 0 Å². The number of methoxy groups -OCH3 is 3. The van der Waals surface area contributed by atoms with Crippen molar-refractivity contribution in [2.45, 2.75) is 12.5 Å². The highest BCUT2D eigenvalue weighted by Crippen LogP contribution is 2.42. The van der Waals surface area contributed by atoms with Crippen LogP contribution in [0.3, 0.4) is 0 Å². The molecule has 3 heterocycles. The Balaban J connectivity index is 1.62.